The van der Waals surface area contributed by atoms with Crippen molar-refractivity contribution in [3.05, 3.63) is 77.9 Å². The number of nitrogens with one attached hydrogen (secondary N) is 1. The molecule has 0 aromatic heterocycles. The van der Waals surface area contributed by atoms with E-state index in [4.69, 9.17) is 10.5 Å². The number of carbonyl (C=O) groups is 1. The molecule has 0 heterocycles. The van der Waals surface area contributed by atoms with Gasteiger partial charge in [0.05, 0.1) is 18.6 Å². The van der Waals surface area contributed by atoms with Gasteiger partial charge in [0.2, 0.25) is 5.91 Å². The van der Waals surface area contributed by atoms with E-state index >= 15 is 0 Å². The van der Waals surface area contributed by atoms with E-state index in [9.17, 15) is 4.79 Å². The van der Waals surface area contributed by atoms with Gasteiger partial charge in [-0.25, -0.2) is 0 Å². The Kier molecular flexibility index (Phi) is 6.80. The van der Waals surface area contributed by atoms with Crippen molar-refractivity contribution in [2.24, 2.45) is 5.73 Å². The van der Waals surface area contributed by atoms with Crippen LogP contribution >= 0.6 is 0 Å². The second-order valence-electron chi connectivity index (χ2n) is 7.25. The molecular weight excluding hydrogens is 348 g/mol. The molecule has 3 rings (SSSR count). The van der Waals surface area contributed by atoms with Crippen LogP contribution in [0, 0.1) is 0 Å². The Hall–Kier alpha value is -2.69. The van der Waals surface area contributed by atoms with Crippen molar-refractivity contribution in [2.45, 2.75) is 32.3 Å². The molecule has 3 N–H and O–H groups in total. The maximum Gasteiger partial charge on any atom is 0.233 e. The van der Waals surface area contributed by atoms with Crippen LogP contribution in [-0.2, 0) is 16.0 Å². The van der Waals surface area contributed by atoms with Crippen LogP contribution in [0.5, 0.6) is 0 Å². The van der Waals surface area contributed by atoms with Crippen molar-refractivity contribution in [1.29, 1.82) is 0 Å². The predicted octanol–water partition coefficient (Wildman–Crippen LogP) is 4.49. The van der Waals surface area contributed by atoms with Gasteiger partial charge in [0.1, 0.15) is 0 Å². The summed E-state index contributed by atoms with van der Waals surface area (Å²) in [5.74, 6) is -0.471. The molecule has 3 aromatic carbocycles. The standard InChI is InChI=1S/C24H28N2O2/c1-17(2)28-14-13-18-7-9-20(10-8-18)23(16-25)24(27)26-22-12-11-19-5-3-4-6-21(19)15-22/h3-12,15,17,23H,13-14,16,25H2,1-2H3,(H,26,27)/t23-/m1/s1. The Morgan fingerprint density at radius 1 is 1.00 bits per heavy atom. The molecule has 0 unspecified atom stereocenters. The third-order valence-corrected chi connectivity index (χ3v) is 4.79. The fourth-order valence-electron chi connectivity index (χ4n) is 3.22. The van der Waals surface area contributed by atoms with Gasteiger partial charge in [0.15, 0.2) is 0 Å². The number of amides is 1. The van der Waals surface area contributed by atoms with Crippen LogP contribution in [0.4, 0.5) is 5.69 Å². The monoisotopic (exact) mass is 376 g/mol. The van der Waals surface area contributed by atoms with E-state index < -0.39 is 0 Å². The number of nitrogens with two attached hydrogens (primary N) is 1. The van der Waals surface area contributed by atoms with E-state index in [1.807, 2.05) is 74.5 Å². The summed E-state index contributed by atoms with van der Waals surface area (Å²) in [5.41, 5.74) is 8.82. The molecule has 0 aliphatic rings. The van der Waals surface area contributed by atoms with Crippen molar-refractivity contribution >= 4 is 22.4 Å². The minimum Gasteiger partial charge on any atom is -0.378 e. The second-order valence-corrected chi connectivity index (χ2v) is 7.25. The topological polar surface area (TPSA) is 64.3 Å². The van der Waals surface area contributed by atoms with Gasteiger partial charge in [0.25, 0.3) is 0 Å². The fraction of sp³-hybridized carbons (Fsp3) is 0.292. The number of anilines is 1. The zero-order valence-corrected chi connectivity index (χ0v) is 16.5. The van der Waals surface area contributed by atoms with E-state index in [1.54, 1.807) is 0 Å². The van der Waals surface area contributed by atoms with Gasteiger partial charge >= 0.3 is 0 Å². The second kappa shape index (κ2) is 9.49. The Morgan fingerprint density at radius 3 is 2.39 bits per heavy atom. The van der Waals surface area contributed by atoms with Crippen LogP contribution < -0.4 is 11.1 Å². The number of fused-ring (bicyclic) bond motifs is 1. The molecule has 0 aliphatic heterocycles. The van der Waals surface area contributed by atoms with Gasteiger partial charge in [0, 0.05) is 12.2 Å². The highest BCUT2D eigenvalue weighted by atomic mass is 16.5. The van der Waals surface area contributed by atoms with Gasteiger partial charge in [-0.3, -0.25) is 4.79 Å². The van der Waals surface area contributed by atoms with Gasteiger partial charge in [-0.15, -0.1) is 0 Å². The van der Waals surface area contributed by atoms with Gasteiger partial charge in [-0.05, 0) is 54.3 Å². The van der Waals surface area contributed by atoms with Crippen LogP contribution in [0.3, 0.4) is 0 Å². The molecule has 1 atom stereocenters. The highest BCUT2D eigenvalue weighted by Gasteiger charge is 2.19. The minimum absolute atomic E-state index is 0.0892. The SMILES string of the molecule is CC(C)OCCc1ccc([C@@H](CN)C(=O)Nc2ccc3ccccc3c2)cc1. The smallest absolute Gasteiger partial charge is 0.233 e. The summed E-state index contributed by atoms with van der Waals surface area (Å²) in [5, 5.41) is 5.25. The van der Waals surface area contributed by atoms with Crippen LogP contribution in [-0.4, -0.2) is 25.2 Å². The van der Waals surface area contributed by atoms with E-state index in [1.165, 1.54) is 5.56 Å². The fourth-order valence-corrected chi connectivity index (χ4v) is 3.22. The number of hydrogen-bond acceptors (Lipinski definition) is 3. The maximum atomic E-state index is 12.8. The lowest BCUT2D eigenvalue weighted by molar-refractivity contribution is -0.117. The van der Waals surface area contributed by atoms with E-state index in [0.29, 0.717) is 6.61 Å². The summed E-state index contributed by atoms with van der Waals surface area (Å²) in [7, 11) is 0. The molecule has 0 spiro atoms. The Bertz CT molecular complexity index is 919. The van der Waals surface area contributed by atoms with E-state index in [2.05, 4.69) is 11.4 Å². The lowest BCUT2D eigenvalue weighted by Gasteiger charge is -2.16. The van der Waals surface area contributed by atoms with Gasteiger partial charge in [-0.1, -0.05) is 54.6 Å². The zero-order chi connectivity index (χ0) is 19.9. The van der Waals surface area contributed by atoms with E-state index in [0.717, 1.165) is 28.4 Å². The largest absolute Gasteiger partial charge is 0.378 e. The van der Waals surface area contributed by atoms with Crippen molar-refractivity contribution in [2.75, 3.05) is 18.5 Å². The Morgan fingerprint density at radius 2 is 1.71 bits per heavy atom. The average molecular weight is 377 g/mol. The van der Waals surface area contributed by atoms with Gasteiger partial charge in [-0.2, -0.15) is 0 Å². The molecule has 1 amide bonds. The van der Waals surface area contributed by atoms with Crippen LogP contribution in [0.15, 0.2) is 66.7 Å². The summed E-state index contributed by atoms with van der Waals surface area (Å²) >= 11 is 0. The first-order chi connectivity index (χ1) is 13.6. The number of hydrogen-bond donors (Lipinski definition) is 2. The number of benzene rings is 3. The molecule has 0 fully saturated rings. The molecule has 0 bridgehead atoms. The summed E-state index contributed by atoms with van der Waals surface area (Å²) in [4.78, 5) is 12.8. The Balaban J connectivity index is 1.66. The summed E-state index contributed by atoms with van der Waals surface area (Å²) in [6.45, 7) is 5.02. The average Bonchev–Trinajstić information content (AvgIpc) is 2.69. The van der Waals surface area contributed by atoms with Crippen molar-refractivity contribution in [1.82, 2.24) is 0 Å². The maximum absolute atomic E-state index is 12.8. The normalized spacial score (nSPS) is 12.3. The molecular formula is C24H28N2O2. The lowest BCUT2D eigenvalue weighted by atomic mass is 9.96. The van der Waals surface area contributed by atoms with E-state index in [-0.39, 0.29) is 24.5 Å². The third kappa shape index (κ3) is 5.18. The molecule has 28 heavy (non-hydrogen) atoms. The quantitative estimate of drug-likeness (QED) is 0.609. The number of rotatable bonds is 8. The number of carbonyl (C=O) groups excluding carboxylic acids is 1. The molecule has 3 aromatic rings. The summed E-state index contributed by atoms with van der Waals surface area (Å²) < 4.78 is 5.60. The lowest BCUT2D eigenvalue weighted by Crippen LogP contribution is -2.27. The van der Waals surface area contributed by atoms with Gasteiger partial charge < -0.3 is 15.8 Å². The summed E-state index contributed by atoms with van der Waals surface area (Å²) in [6.07, 6.45) is 1.09. The first kappa shape index (κ1) is 20.1. The first-order valence-corrected chi connectivity index (χ1v) is 9.77. The molecule has 0 radical (unpaired) electrons. The molecule has 0 aliphatic carbocycles. The Labute approximate surface area is 166 Å². The molecule has 4 heteroatoms. The minimum atomic E-state index is -0.382. The van der Waals surface area contributed by atoms with Crippen LogP contribution in [0.2, 0.25) is 0 Å². The molecule has 146 valence electrons. The molecule has 0 saturated heterocycles. The van der Waals surface area contributed by atoms with Crippen molar-refractivity contribution < 1.29 is 9.53 Å². The van der Waals surface area contributed by atoms with Crippen molar-refractivity contribution in [3.63, 3.8) is 0 Å². The van der Waals surface area contributed by atoms with Crippen molar-refractivity contribution in [3.8, 4) is 0 Å². The highest BCUT2D eigenvalue weighted by molar-refractivity contribution is 5.98. The summed E-state index contributed by atoms with van der Waals surface area (Å²) in [6, 6.07) is 22.1. The molecule has 4 nitrogen and oxygen atoms in total. The first-order valence-electron chi connectivity index (χ1n) is 9.77. The predicted molar refractivity (Wildman–Crippen MR) is 116 cm³/mol. The molecule has 0 saturated carbocycles. The third-order valence-electron chi connectivity index (χ3n) is 4.79. The number of ether oxygens (including phenoxy) is 1. The van der Waals surface area contributed by atoms with Crippen LogP contribution in [0.1, 0.15) is 30.9 Å². The zero-order valence-electron chi connectivity index (χ0n) is 16.5. The van der Waals surface area contributed by atoms with Crippen LogP contribution in [0.25, 0.3) is 10.8 Å². The highest BCUT2D eigenvalue weighted by Crippen LogP contribution is 2.22.